The van der Waals surface area contributed by atoms with Crippen LogP contribution in [0.25, 0.3) is 10.9 Å². The van der Waals surface area contributed by atoms with Gasteiger partial charge in [-0.3, -0.25) is 0 Å². The van der Waals surface area contributed by atoms with Crippen LogP contribution in [0, 0.1) is 0 Å². The van der Waals surface area contributed by atoms with Crippen LogP contribution >= 0.6 is 23.2 Å². The van der Waals surface area contributed by atoms with Gasteiger partial charge >= 0.3 is 6.18 Å². The number of benzene rings is 1. The Morgan fingerprint density at radius 1 is 1.17 bits per heavy atom. The van der Waals surface area contributed by atoms with Crippen LogP contribution in [0.2, 0.25) is 10.4 Å². The Bertz CT molecular complexity index is 1020. The van der Waals surface area contributed by atoms with Crippen LogP contribution < -0.4 is 15.4 Å². The minimum atomic E-state index is -4.55. The van der Waals surface area contributed by atoms with Gasteiger partial charge in [-0.1, -0.05) is 23.7 Å². The van der Waals surface area contributed by atoms with Crippen molar-refractivity contribution in [3.8, 4) is 5.75 Å². The van der Waals surface area contributed by atoms with E-state index in [1.165, 1.54) is 12.3 Å². The van der Waals surface area contributed by atoms with E-state index < -0.39 is 11.7 Å². The first-order chi connectivity index (χ1) is 13.8. The molecule has 11 heteroatoms. The second-order valence-electron chi connectivity index (χ2n) is 5.96. The number of hydrogen-bond acceptors (Lipinski definition) is 6. The Morgan fingerprint density at radius 2 is 1.97 bits per heavy atom. The molecule has 1 aromatic carbocycles. The summed E-state index contributed by atoms with van der Waals surface area (Å²) < 4.78 is 45.7. The van der Waals surface area contributed by atoms with Gasteiger partial charge in [0.1, 0.15) is 23.3 Å². The Labute approximate surface area is 174 Å². The molecule has 0 atom stereocenters. The lowest BCUT2D eigenvalue weighted by Gasteiger charge is -2.18. The highest BCUT2D eigenvalue weighted by Gasteiger charge is 2.35. The second-order valence-corrected chi connectivity index (χ2v) is 6.69. The fraction of sp³-hybridized carbons (Fsp3) is 0.278. The van der Waals surface area contributed by atoms with Crippen molar-refractivity contribution in [2.24, 2.45) is 0 Å². The molecule has 154 valence electrons. The molecule has 0 saturated carbocycles. The Balaban J connectivity index is 1.94. The largest absolute Gasteiger partial charge is 0.491 e. The zero-order valence-electron chi connectivity index (χ0n) is 15.1. The summed E-state index contributed by atoms with van der Waals surface area (Å²) in [5.41, 5.74) is -0.0730. The summed E-state index contributed by atoms with van der Waals surface area (Å²) in [6, 6.07) is 5.42. The maximum absolute atomic E-state index is 13.4. The number of hydrogen-bond donors (Lipinski definition) is 2. The van der Waals surface area contributed by atoms with E-state index >= 15 is 0 Å². The summed E-state index contributed by atoms with van der Waals surface area (Å²) in [4.78, 5) is 12.1. The fourth-order valence-electron chi connectivity index (χ4n) is 2.66. The van der Waals surface area contributed by atoms with Crippen molar-refractivity contribution in [2.45, 2.75) is 12.7 Å². The molecule has 0 aliphatic rings. The summed E-state index contributed by atoms with van der Waals surface area (Å²) in [5.74, 6) is 0.0924. The highest BCUT2D eigenvalue weighted by Crippen LogP contribution is 2.38. The van der Waals surface area contributed by atoms with Gasteiger partial charge in [-0.05, 0) is 30.8 Å². The molecule has 0 bridgehead atoms. The van der Waals surface area contributed by atoms with Gasteiger partial charge in [0.2, 0.25) is 5.28 Å². The standard InChI is InChI=1S/C18H16Cl2F3N5O/c1-24-5-6-29-15-10(3-2-4-12(15)18(21,22)23)8-26-16-11-7-14(19)25-9-13(11)27-17(20)28-16/h2-4,7,9,24H,5-6,8H2,1H3,(H,26,27,28). The SMILES string of the molecule is CNCCOc1c(CNc2nc(Cl)nc3cnc(Cl)cc23)cccc1C(F)(F)F. The molecule has 0 unspecified atom stereocenters. The normalized spacial score (nSPS) is 11.7. The first-order valence-electron chi connectivity index (χ1n) is 8.48. The number of ether oxygens (including phenoxy) is 1. The van der Waals surface area contributed by atoms with Crippen molar-refractivity contribution < 1.29 is 17.9 Å². The predicted octanol–water partition coefficient (Wildman–Crippen LogP) is 4.56. The highest BCUT2D eigenvalue weighted by molar-refractivity contribution is 6.30. The number of nitrogens with one attached hydrogen (secondary N) is 2. The zero-order valence-corrected chi connectivity index (χ0v) is 16.7. The lowest BCUT2D eigenvalue weighted by atomic mass is 10.1. The van der Waals surface area contributed by atoms with Gasteiger partial charge in [0.15, 0.2) is 0 Å². The first kappa shape index (κ1) is 21.4. The smallest absolute Gasteiger partial charge is 0.419 e. The molecule has 2 heterocycles. The van der Waals surface area contributed by atoms with E-state index in [1.807, 2.05) is 0 Å². The molecule has 0 aliphatic carbocycles. The van der Waals surface area contributed by atoms with Crippen LogP contribution in [0.3, 0.4) is 0 Å². The van der Waals surface area contributed by atoms with E-state index in [0.29, 0.717) is 28.8 Å². The van der Waals surface area contributed by atoms with Crippen molar-refractivity contribution >= 4 is 39.9 Å². The van der Waals surface area contributed by atoms with Crippen LogP contribution in [0.4, 0.5) is 19.0 Å². The van der Waals surface area contributed by atoms with Crippen LogP contribution in [-0.2, 0) is 12.7 Å². The van der Waals surface area contributed by atoms with Gasteiger partial charge < -0.3 is 15.4 Å². The molecular weight excluding hydrogens is 430 g/mol. The van der Waals surface area contributed by atoms with Gasteiger partial charge in [-0.15, -0.1) is 0 Å². The topological polar surface area (TPSA) is 72.0 Å². The molecule has 0 aliphatic heterocycles. The van der Waals surface area contributed by atoms with E-state index in [4.69, 9.17) is 27.9 Å². The average molecular weight is 446 g/mol. The molecule has 3 rings (SSSR count). The molecule has 2 aromatic heterocycles. The number of rotatable bonds is 7. The monoisotopic (exact) mass is 445 g/mol. The lowest BCUT2D eigenvalue weighted by Crippen LogP contribution is -2.19. The second kappa shape index (κ2) is 8.98. The van der Waals surface area contributed by atoms with E-state index in [1.54, 1.807) is 19.2 Å². The zero-order chi connectivity index (χ0) is 21.0. The summed E-state index contributed by atoms with van der Waals surface area (Å²) in [7, 11) is 1.69. The van der Waals surface area contributed by atoms with Gasteiger partial charge in [0, 0.05) is 24.0 Å². The van der Waals surface area contributed by atoms with Crippen molar-refractivity contribution in [1.29, 1.82) is 0 Å². The molecule has 3 aromatic rings. The average Bonchev–Trinajstić information content (AvgIpc) is 2.66. The Kier molecular flexibility index (Phi) is 6.61. The first-order valence-corrected chi connectivity index (χ1v) is 9.24. The molecule has 2 N–H and O–H groups in total. The van der Waals surface area contributed by atoms with Gasteiger partial charge in [-0.25, -0.2) is 15.0 Å². The number of halogens is 5. The maximum atomic E-state index is 13.4. The minimum absolute atomic E-state index is 0.0151. The van der Waals surface area contributed by atoms with Crippen LogP contribution in [0.1, 0.15) is 11.1 Å². The lowest BCUT2D eigenvalue weighted by molar-refractivity contribution is -0.139. The van der Waals surface area contributed by atoms with E-state index in [-0.39, 0.29) is 29.3 Å². The predicted molar refractivity (Wildman–Crippen MR) is 106 cm³/mol. The summed E-state index contributed by atoms with van der Waals surface area (Å²) >= 11 is 11.9. The van der Waals surface area contributed by atoms with Crippen LogP contribution in [-0.4, -0.2) is 35.2 Å². The molecule has 0 amide bonds. The Morgan fingerprint density at radius 3 is 2.69 bits per heavy atom. The van der Waals surface area contributed by atoms with Crippen molar-refractivity contribution in [3.05, 3.63) is 52.0 Å². The fourth-order valence-corrected chi connectivity index (χ4v) is 3.00. The molecule has 0 radical (unpaired) electrons. The van der Waals surface area contributed by atoms with E-state index in [0.717, 1.165) is 6.07 Å². The van der Waals surface area contributed by atoms with E-state index in [9.17, 15) is 13.2 Å². The molecule has 0 saturated heterocycles. The van der Waals surface area contributed by atoms with Gasteiger partial charge in [0.25, 0.3) is 0 Å². The minimum Gasteiger partial charge on any atom is -0.491 e. The Hall–Kier alpha value is -2.36. The molecule has 0 fully saturated rings. The number of fused-ring (bicyclic) bond motifs is 1. The van der Waals surface area contributed by atoms with Crippen LogP contribution in [0.5, 0.6) is 5.75 Å². The summed E-state index contributed by atoms with van der Waals surface area (Å²) in [6.07, 6.45) is -3.11. The quantitative estimate of drug-likeness (QED) is 0.315. The number of aromatic nitrogens is 3. The maximum Gasteiger partial charge on any atom is 0.419 e. The summed E-state index contributed by atoms with van der Waals surface area (Å²) in [5, 5.41) is 6.57. The number of likely N-dealkylation sites (N-methyl/N-ethyl adjacent to an activating group) is 1. The third-order valence-corrected chi connectivity index (χ3v) is 4.34. The number of para-hydroxylation sites is 1. The molecular formula is C18H16Cl2F3N5O. The van der Waals surface area contributed by atoms with Crippen molar-refractivity contribution in [1.82, 2.24) is 20.3 Å². The number of pyridine rings is 1. The third kappa shape index (κ3) is 5.17. The molecule has 29 heavy (non-hydrogen) atoms. The number of anilines is 1. The number of alkyl halides is 3. The third-order valence-electron chi connectivity index (χ3n) is 3.97. The van der Waals surface area contributed by atoms with Crippen molar-refractivity contribution in [3.63, 3.8) is 0 Å². The van der Waals surface area contributed by atoms with Gasteiger partial charge in [0.05, 0.1) is 17.3 Å². The van der Waals surface area contributed by atoms with Gasteiger partial charge in [-0.2, -0.15) is 13.2 Å². The molecule has 0 spiro atoms. The van der Waals surface area contributed by atoms with Crippen molar-refractivity contribution in [2.75, 3.05) is 25.5 Å². The highest BCUT2D eigenvalue weighted by atomic mass is 35.5. The summed E-state index contributed by atoms with van der Waals surface area (Å²) in [6.45, 7) is 0.498. The number of nitrogens with zero attached hydrogens (tertiary/aromatic N) is 3. The van der Waals surface area contributed by atoms with Crippen LogP contribution in [0.15, 0.2) is 30.5 Å². The molecule has 6 nitrogen and oxygen atoms in total. The van der Waals surface area contributed by atoms with E-state index in [2.05, 4.69) is 25.6 Å².